The van der Waals surface area contributed by atoms with Crippen LogP contribution >= 0.6 is 0 Å². The molecule has 2 heterocycles. The average molecular weight is 301 g/mol. The summed E-state index contributed by atoms with van der Waals surface area (Å²) in [6.45, 7) is 1.89. The molecule has 2 aromatic heterocycles. The normalized spacial score (nSPS) is 12.5. The van der Waals surface area contributed by atoms with Crippen molar-refractivity contribution in [3.63, 3.8) is 0 Å². The zero-order valence-corrected chi connectivity index (χ0v) is 12.6. The lowest BCUT2D eigenvalue weighted by Gasteiger charge is -2.08. The minimum absolute atomic E-state index is 0.580. The monoisotopic (exact) mass is 301 g/mol. The molecule has 3 aromatic rings. The van der Waals surface area contributed by atoms with Crippen LogP contribution in [0.4, 0.5) is 0 Å². The Morgan fingerprint density at radius 1 is 1.33 bits per heavy atom. The number of fused-ring (bicyclic) bond motifs is 1. The topological polar surface area (TPSA) is 67.9 Å². The largest absolute Gasteiger partial charge is 0.496 e. The van der Waals surface area contributed by atoms with E-state index in [0.29, 0.717) is 23.0 Å². The van der Waals surface area contributed by atoms with Crippen molar-refractivity contribution in [2.75, 3.05) is 12.9 Å². The van der Waals surface area contributed by atoms with E-state index in [-0.39, 0.29) is 0 Å². The van der Waals surface area contributed by atoms with Gasteiger partial charge in [-0.25, -0.2) is 9.97 Å². The predicted octanol–water partition coefficient (Wildman–Crippen LogP) is 2.76. The number of imidazole rings is 1. The number of aromatic nitrogens is 3. The third-order valence-corrected chi connectivity index (χ3v) is 4.51. The number of aromatic amines is 1. The van der Waals surface area contributed by atoms with Gasteiger partial charge in [0.2, 0.25) is 0 Å². The van der Waals surface area contributed by atoms with Crippen LogP contribution in [0.5, 0.6) is 5.75 Å². The van der Waals surface area contributed by atoms with Gasteiger partial charge in [0.25, 0.3) is 0 Å². The van der Waals surface area contributed by atoms with E-state index < -0.39 is 10.8 Å². The molecular formula is C15H15N3O2S. The Morgan fingerprint density at radius 3 is 2.90 bits per heavy atom. The van der Waals surface area contributed by atoms with Crippen LogP contribution < -0.4 is 4.74 Å². The summed E-state index contributed by atoms with van der Waals surface area (Å²) < 4.78 is 17.3. The number of nitrogens with one attached hydrogen (secondary N) is 1. The van der Waals surface area contributed by atoms with Gasteiger partial charge in [0, 0.05) is 16.8 Å². The van der Waals surface area contributed by atoms with Gasteiger partial charge in [0.05, 0.1) is 29.0 Å². The molecule has 0 spiro atoms. The van der Waals surface area contributed by atoms with E-state index in [1.807, 2.05) is 31.2 Å². The molecule has 0 saturated carbocycles. The molecule has 1 aromatic carbocycles. The van der Waals surface area contributed by atoms with E-state index in [1.54, 1.807) is 19.4 Å². The minimum Gasteiger partial charge on any atom is -0.496 e. The van der Waals surface area contributed by atoms with E-state index >= 15 is 0 Å². The second-order valence-electron chi connectivity index (χ2n) is 4.46. The molecule has 1 N–H and O–H groups in total. The molecule has 108 valence electrons. The van der Waals surface area contributed by atoms with Crippen LogP contribution in [-0.2, 0) is 10.8 Å². The summed E-state index contributed by atoms with van der Waals surface area (Å²) in [5, 5.41) is 0. The van der Waals surface area contributed by atoms with Crippen LogP contribution in [0.25, 0.3) is 22.6 Å². The van der Waals surface area contributed by atoms with Crippen molar-refractivity contribution in [2.24, 2.45) is 0 Å². The third kappa shape index (κ3) is 2.54. The van der Waals surface area contributed by atoms with Crippen LogP contribution in [0.1, 0.15) is 6.92 Å². The summed E-state index contributed by atoms with van der Waals surface area (Å²) in [7, 11) is 0.591. The number of pyridine rings is 1. The predicted molar refractivity (Wildman–Crippen MR) is 82.8 cm³/mol. The Labute approximate surface area is 124 Å². The molecule has 0 bridgehead atoms. The second-order valence-corrected chi connectivity index (χ2v) is 6.20. The minimum atomic E-state index is -1.00. The second kappa shape index (κ2) is 5.65. The van der Waals surface area contributed by atoms with E-state index in [9.17, 15) is 4.21 Å². The number of benzene rings is 1. The maximum Gasteiger partial charge on any atom is 0.178 e. The number of rotatable bonds is 4. The van der Waals surface area contributed by atoms with Gasteiger partial charge in [0.1, 0.15) is 11.6 Å². The number of H-pyrrole nitrogens is 1. The summed E-state index contributed by atoms with van der Waals surface area (Å²) in [5.41, 5.74) is 2.36. The lowest BCUT2D eigenvalue weighted by Crippen LogP contribution is -1.96. The average Bonchev–Trinajstić information content (AvgIpc) is 2.97. The molecule has 0 aliphatic rings. The molecule has 0 radical (unpaired) electrons. The van der Waals surface area contributed by atoms with Crippen LogP contribution in [-0.4, -0.2) is 32.0 Å². The van der Waals surface area contributed by atoms with Gasteiger partial charge in [-0.05, 0) is 30.3 Å². The fourth-order valence-corrected chi connectivity index (χ4v) is 2.94. The Morgan fingerprint density at radius 2 is 2.19 bits per heavy atom. The summed E-state index contributed by atoms with van der Waals surface area (Å²) >= 11 is 0. The van der Waals surface area contributed by atoms with Gasteiger partial charge in [-0.2, -0.15) is 0 Å². The first-order chi connectivity index (χ1) is 10.2. The molecule has 6 heteroatoms. The summed E-state index contributed by atoms with van der Waals surface area (Å²) in [6, 6.07) is 9.30. The summed E-state index contributed by atoms with van der Waals surface area (Å²) in [5.74, 6) is 1.92. The number of ether oxygens (including phenoxy) is 1. The molecule has 1 atom stereocenters. The fourth-order valence-electron chi connectivity index (χ4n) is 2.15. The smallest absolute Gasteiger partial charge is 0.178 e. The van der Waals surface area contributed by atoms with Crippen LogP contribution in [0.3, 0.4) is 0 Å². The molecule has 21 heavy (non-hydrogen) atoms. The van der Waals surface area contributed by atoms with E-state index in [1.165, 1.54) is 0 Å². The zero-order chi connectivity index (χ0) is 14.8. The third-order valence-electron chi connectivity index (χ3n) is 3.21. The van der Waals surface area contributed by atoms with Gasteiger partial charge in [-0.1, -0.05) is 6.92 Å². The molecule has 0 saturated heterocycles. The Hall–Kier alpha value is -2.21. The molecule has 5 nitrogen and oxygen atoms in total. The van der Waals surface area contributed by atoms with Gasteiger partial charge in [-0.15, -0.1) is 0 Å². The lowest BCUT2D eigenvalue weighted by atomic mass is 10.2. The van der Waals surface area contributed by atoms with Crippen molar-refractivity contribution >= 4 is 22.0 Å². The zero-order valence-electron chi connectivity index (χ0n) is 11.8. The molecule has 3 rings (SSSR count). The highest BCUT2D eigenvalue weighted by atomic mass is 32.2. The summed E-state index contributed by atoms with van der Waals surface area (Å²) in [4.78, 5) is 12.7. The summed E-state index contributed by atoms with van der Waals surface area (Å²) in [6.07, 6.45) is 1.71. The Bertz CT molecular complexity index is 781. The number of methoxy groups -OCH3 is 1. The van der Waals surface area contributed by atoms with Crippen LogP contribution in [0, 0.1) is 0 Å². The van der Waals surface area contributed by atoms with Gasteiger partial charge >= 0.3 is 0 Å². The van der Waals surface area contributed by atoms with Gasteiger partial charge in [0.15, 0.2) is 5.65 Å². The van der Waals surface area contributed by atoms with Crippen LogP contribution in [0.15, 0.2) is 41.4 Å². The maximum absolute atomic E-state index is 11.9. The number of hydrogen-bond donors (Lipinski definition) is 1. The SMILES string of the molecule is CCS(=O)c1ccc(-c2nc3ncccc3[nH]2)c(OC)c1. The van der Waals surface area contributed by atoms with E-state index in [4.69, 9.17) is 4.74 Å². The standard InChI is InChI=1S/C15H15N3O2S/c1-3-21(19)10-6-7-11(13(9-10)20-2)14-17-12-5-4-8-16-15(12)18-14/h4-9H,3H2,1-2H3,(H,16,17,18). The van der Waals surface area contributed by atoms with Crippen molar-refractivity contribution < 1.29 is 8.95 Å². The maximum atomic E-state index is 11.9. The van der Waals surface area contributed by atoms with E-state index in [0.717, 1.165) is 16.0 Å². The molecule has 0 fully saturated rings. The lowest BCUT2D eigenvalue weighted by molar-refractivity contribution is 0.415. The van der Waals surface area contributed by atoms with E-state index in [2.05, 4.69) is 15.0 Å². The molecule has 0 aliphatic heterocycles. The van der Waals surface area contributed by atoms with Crippen molar-refractivity contribution in [1.82, 2.24) is 15.0 Å². The first-order valence-corrected chi connectivity index (χ1v) is 7.92. The highest BCUT2D eigenvalue weighted by molar-refractivity contribution is 7.85. The first-order valence-electron chi connectivity index (χ1n) is 6.60. The highest BCUT2D eigenvalue weighted by Crippen LogP contribution is 2.31. The van der Waals surface area contributed by atoms with Crippen LogP contribution in [0.2, 0.25) is 0 Å². The van der Waals surface area contributed by atoms with Crippen molar-refractivity contribution in [3.8, 4) is 17.1 Å². The fraction of sp³-hybridized carbons (Fsp3) is 0.200. The highest BCUT2D eigenvalue weighted by Gasteiger charge is 2.13. The Balaban J connectivity index is 2.10. The Kier molecular flexibility index (Phi) is 3.70. The number of hydrogen-bond acceptors (Lipinski definition) is 4. The molecule has 1 unspecified atom stereocenters. The first kappa shape index (κ1) is 13.8. The number of nitrogens with zero attached hydrogens (tertiary/aromatic N) is 2. The van der Waals surface area contributed by atoms with Crippen molar-refractivity contribution in [2.45, 2.75) is 11.8 Å². The molecule has 0 amide bonds. The quantitative estimate of drug-likeness (QED) is 0.804. The molecular weight excluding hydrogens is 286 g/mol. The van der Waals surface area contributed by atoms with Gasteiger partial charge in [-0.3, -0.25) is 4.21 Å². The van der Waals surface area contributed by atoms with Crippen molar-refractivity contribution in [3.05, 3.63) is 36.5 Å². The van der Waals surface area contributed by atoms with Gasteiger partial charge < -0.3 is 9.72 Å². The van der Waals surface area contributed by atoms with Crippen molar-refractivity contribution in [1.29, 1.82) is 0 Å². The molecule has 0 aliphatic carbocycles.